The number of hydrogen-bond donors (Lipinski definition) is 0. The van der Waals surface area contributed by atoms with Gasteiger partial charge in [-0.3, -0.25) is 0 Å². The second kappa shape index (κ2) is 2.49. The molecule has 0 nitrogen and oxygen atoms in total. The fourth-order valence-corrected chi connectivity index (χ4v) is 2.27. The van der Waals surface area contributed by atoms with Gasteiger partial charge in [-0.05, 0) is 19.6 Å². The molecule has 0 fully saturated rings. The number of hydrogen-bond acceptors (Lipinski definition) is 0. The van der Waals surface area contributed by atoms with Gasteiger partial charge in [-0.2, -0.15) is 10.5 Å². The zero-order valence-corrected chi connectivity index (χ0v) is 6.29. The van der Waals surface area contributed by atoms with E-state index in [4.69, 9.17) is 0 Å². The van der Waals surface area contributed by atoms with Crippen LogP contribution in [0.2, 0.25) is 0 Å². The molecule has 1 atom stereocenters. The van der Waals surface area contributed by atoms with E-state index in [1.807, 2.05) is 0 Å². The molecule has 0 aromatic carbocycles. The molecule has 8 heavy (non-hydrogen) atoms. The highest BCUT2D eigenvalue weighted by molar-refractivity contribution is 8.14. The average Bonchev–Trinajstić information content (AvgIpc) is 1.64. The SMILES string of the molecule is CC1=CCC=S(C)C1. The van der Waals surface area contributed by atoms with Crippen LogP contribution in [0.3, 0.4) is 0 Å². The maximum Gasteiger partial charge on any atom is 0.00850 e. The van der Waals surface area contributed by atoms with Gasteiger partial charge in [0.1, 0.15) is 0 Å². The molecule has 0 spiro atoms. The summed E-state index contributed by atoms with van der Waals surface area (Å²) in [7, 11) is 0.586. The topological polar surface area (TPSA) is 0 Å². The van der Waals surface area contributed by atoms with Crippen LogP contribution in [0.4, 0.5) is 0 Å². The van der Waals surface area contributed by atoms with Crippen molar-refractivity contribution in [3.8, 4) is 0 Å². The van der Waals surface area contributed by atoms with Crippen LogP contribution in [0.1, 0.15) is 13.3 Å². The predicted molar refractivity (Wildman–Crippen MR) is 42.8 cm³/mol. The summed E-state index contributed by atoms with van der Waals surface area (Å²) in [6.07, 6.45) is 5.81. The maximum absolute atomic E-state index is 2.40. The molecule has 0 aromatic heterocycles. The molecule has 0 N–H and O–H groups in total. The normalized spacial score (nSPS) is 28.8. The van der Waals surface area contributed by atoms with Gasteiger partial charge in [-0.15, -0.1) is 0 Å². The third kappa shape index (κ3) is 1.48. The van der Waals surface area contributed by atoms with Crippen LogP contribution in [-0.4, -0.2) is 17.4 Å². The third-order valence-electron chi connectivity index (χ3n) is 1.30. The molecule has 1 unspecified atom stereocenters. The Labute approximate surface area is 53.5 Å². The first-order valence-electron chi connectivity index (χ1n) is 2.89. The summed E-state index contributed by atoms with van der Waals surface area (Å²) in [6, 6.07) is 0. The third-order valence-corrected chi connectivity index (χ3v) is 2.97. The Morgan fingerprint density at radius 1 is 1.62 bits per heavy atom. The molecule has 1 heterocycles. The summed E-state index contributed by atoms with van der Waals surface area (Å²) >= 11 is 0. The molecule has 0 radical (unpaired) electrons. The van der Waals surface area contributed by atoms with Gasteiger partial charge in [-0.1, -0.05) is 17.0 Å². The largest absolute Gasteiger partial charge is 0.189 e. The number of rotatable bonds is 0. The van der Waals surface area contributed by atoms with Crippen LogP contribution in [0.25, 0.3) is 0 Å². The quantitative estimate of drug-likeness (QED) is 0.346. The lowest BCUT2D eigenvalue weighted by atomic mass is 10.3. The minimum Gasteiger partial charge on any atom is -0.189 e. The Balaban J connectivity index is 2.57. The van der Waals surface area contributed by atoms with Gasteiger partial charge in [0, 0.05) is 5.75 Å². The molecule has 1 rings (SSSR count). The molecule has 1 aliphatic rings. The Hall–Kier alpha value is -0.0400. The molecular formula is C7H12S. The highest BCUT2D eigenvalue weighted by Crippen LogP contribution is 2.16. The van der Waals surface area contributed by atoms with Crippen LogP contribution >= 0.6 is 10.5 Å². The van der Waals surface area contributed by atoms with E-state index in [1.165, 1.54) is 12.2 Å². The molecule has 46 valence electrons. The highest BCUT2D eigenvalue weighted by atomic mass is 32.2. The van der Waals surface area contributed by atoms with E-state index in [0.29, 0.717) is 10.5 Å². The Kier molecular flexibility index (Phi) is 1.90. The van der Waals surface area contributed by atoms with Crippen molar-refractivity contribution < 1.29 is 0 Å². The van der Waals surface area contributed by atoms with Crippen molar-refractivity contribution >= 4 is 15.9 Å². The van der Waals surface area contributed by atoms with E-state index in [0.717, 1.165) is 0 Å². The summed E-state index contributed by atoms with van der Waals surface area (Å²) in [4.78, 5) is 0. The lowest BCUT2D eigenvalue weighted by molar-refractivity contribution is 1.33. The van der Waals surface area contributed by atoms with E-state index < -0.39 is 0 Å². The van der Waals surface area contributed by atoms with Gasteiger partial charge < -0.3 is 0 Å². The van der Waals surface area contributed by atoms with Gasteiger partial charge >= 0.3 is 0 Å². The van der Waals surface area contributed by atoms with Crippen molar-refractivity contribution in [3.63, 3.8) is 0 Å². The summed E-state index contributed by atoms with van der Waals surface area (Å²) in [6.45, 7) is 2.22. The Bertz CT molecular complexity index is 126. The van der Waals surface area contributed by atoms with Gasteiger partial charge in [0.2, 0.25) is 0 Å². The van der Waals surface area contributed by atoms with Crippen molar-refractivity contribution in [2.45, 2.75) is 13.3 Å². The summed E-state index contributed by atoms with van der Waals surface area (Å²) in [5.41, 5.74) is 1.57. The standard InChI is InChI=1S/C7H12S/c1-7-4-3-5-8(2)6-7/h4-5H,3,6H2,1-2H3. The predicted octanol–water partition coefficient (Wildman–Crippen LogP) is 2.04. The monoisotopic (exact) mass is 128 g/mol. The maximum atomic E-state index is 2.40. The zero-order chi connectivity index (χ0) is 5.98. The zero-order valence-electron chi connectivity index (χ0n) is 5.48. The van der Waals surface area contributed by atoms with Crippen LogP contribution < -0.4 is 0 Å². The van der Waals surface area contributed by atoms with Crippen LogP contribution in [0, 0.1) is 0 Å². The fraction of sp³-hybridized carbons (Fsp3) is 0.571. The highest BCUT2D eigenvalue weighted by Gasteiger charge is 1.94. The molecular weight excluding hydrogens is 116 g/mol. The smallest absolute Gasteiger partial charge is 0.00850 e. The van der Waals surface area contributed by atoms with E-state index in [9.17, 15) is 0 Å². The van der Waals surface area contributed by atoms with Crippen molar-refractivity contribution in [1.29, 1.82) is 0 Å². The lowest BCUT2D eigenvalue weighted by Gasteiger charge is -2.07. The molecule has 0 aliphatic carbocycles. The molecule has 0 aromatic rings. The first-order chi connectivity index (χ1) is 3.79. The number of allylic oxidation sites excluding steroid dienone is 1. The second-order valence-electron chi connectivity index (χ2n) is 2.29. The van der Waals surface area contributed by atoms with E-state index >= 15 is 0 Å². The lowest BCUT2D eigenvalue weighted by Crippen LogP contribution is -1.91. The van der Waals surface area contributed by atoms with Crippen molar-refractivity contribution in [3.05, 3.63) is 11.6 Å². The van der Waals surface area contributed by atoms with Crippen LogP contribution in [0.5, 0.6) is 0 Å². The summed E-state index contributed by atoms with van der Waals surface area (Å²) < 4.78 is 0. The summed E-state index contributed by atoms with van der Waals surface area (Å²) in [5.74, 6) is 1.31. The van der Waals surface area contributed by atoms with Crippen molar-refractivity contribution in [1.82, 2.24) is 0 Å². The minimum absolute atomic E-state index is 0.586. The van der Waals surface area contributed by atoms with Crippen molar-refractivity contribution in [2.24, 2.45) is 0 Å². The summed E-state index contributed by atoms with van der Waals surface area (Å²) in [5, 5.41) is 2.40. The minimum atomic E-state index is 0.586. The average molecular weight is 128 g/mol. The van der Waals surface area contributed by atoms with Gasteiger partial charge in [0.05, 0.1) is 0 Å². The first-order valence-corrected chi connectivity index (χ1v) is 4.76. The molecule has 0 amide bonds. The molecule has 0 saturated carbocycles. The van der Waals surface area contributed by atoms with Gasteiger partial charge in [0.15, 0.2) is 0 Å². The van der Waals surface area contributed by atoms with E-state index in [1.54, 1.807) is 5.57 Å². The Morgan fingerprint density at radius 2 is 2.38 bits per heavy atom. The Morgan fingerprint density at radius 3 is 2.75 bits per heavy atom. The molecule has 1 heteroatoms. The van der Waals surface area contributed by atoms with Crippen molar-refractivity contribution in [2.75, 3.05) is 12.0 Å². The van der Waals surface area contributed by atoms with E-state index in [-0.39, 0.29) is 0 Å². The molecule has 0 saturated heterocycles. The van der Waals surface area contributed by atoms with E-state index in [2.05, 4.69) is 24.6 Å². The molecule has 1 aliphatic heterocycles. The fourth-order valence-electron chi connectivity index (χ4n) is 0.891. The van der Waals surface area contributed by atoms with Gasteiger partial charge in [-0.25, -0.2) is 0 Å². The first kappa shape index (κ1) is 6.09. The second-order valence-corrected chi connectivity index (χ2v) is 4.29. The van der Waals surface area contributed by atoms with Gasteiger partial charge in [0.25, 0.3) is 0 Å². The van der Waals surface area contributed by atoms with Crippen LogP contribution in [0.15, 0.2) is 11.6 Å². The van der Waals surface area contributed by atoms with Crippen LogP contribution in [-0.2, 0) is 0 Å². The molecule has 0 bridgehead atoms.